The van der Waals surface area contributed by atoms with E-state index in [0.717, 1.165) is 36.3 Å². The predicted molar refractivity (Wildman–Crippen MR) is 105 cm³/mol. The van der Waals surface area contributed by atoms with E-state index < -0.39 is 11.6 Å². The lowest BCUT2D eigenvalue weighted by Gasteiger charge is -2.41. The van der Waals surface area contributed by atoms with E-state index in [-0.39, 0.29) is 30.6 Å². The molecular formula is C21H27N3O5. The first-order valence-corrected chi connectivity index (χ1v) is 9.97. The molecule has 2 fully saturated rings. The third kappa shape index (κ3) is 3.63. The summed E-state index contributed by atoms with van der Waals surface area (Å²) in [7, 11) is 0. The van der Waals surface area contributed by atoms with Crippen molar-refractivity contribution in [2.45, 2.75) is 45.6 Å². The predicted octanol–water partition coefficient (Wildman–Crippen LogP) is 1.92. The summed E-state index contributed by atoms with van der Waals surface area (Å²) in [6, 6.07) is 5.48. The van der Waals surface area contributed by atoms with Crippen LogP contribution in [0.15, 0.2) is 18.2 Å². The second kappa shape index (κ2) is 6.93. The molecule has 0 bridgehead atoms. The van der Waals surface area contributed by atoms with Crippen molar-refractivity contribution in [3.63, 3.8) is 0 Å². The van der Waals surface area contributed by atoms with E-state index in [0.29, 0.717) is 13.1 Å². The van der Waals surface area contributed by atoms with Gasteiger partial charge in [0.05, 0.1) is 0 Å². The van der Waals surface area contributed by atoms with E-state index in [2.05, 4.69) is 12.2 Å². The van der Waals surface area contributed by atoms with Crippen LogP contribution in [0.3, 0.4) is 0 Å². The maximum Gasteiger partial charge on any atom is 0.325 e. The summed E-state index contributed by atoms with van der Waals surface area (Å²) >= 11 is 0. The summed E-state index contributed by atoms with van der Waals surface area (Å²) < 4.78 is 10.9. The molecule has 3 aliphatic heterocycles. The number of rotatable bonds is 4. The monoisotopic (exact) mass is 401 g/mol. The maximum absolute atomic E-state index is 12.9. The van der Waals surface area contributed by atoms with Gasteiger partial charge in [0.1, 0.15) is 12.1 Å². The number of carbonyl (C=O) groups excluding carboxylic acids is 3. The van der Waals surface area contributed by atoms with Crippen LogP contribution < -0.4 is 14.8 Å². The lowest BCUT2D eigenvalue weighted by Crippen LogP contribution is -2.53. The number of nitrogens with one attached hydrogen (secondary N) is 1. The third-order valence-corrected chi connectivity index (χ3v) is 6.19. The van der Waals surface area contributed by atoms with Crippen molar-refractivity contribution in [3.05, 3.63) is 23.8 Å². The number of likely N-dealkylation sites (tertiary alicyclic amines) is 1. The van der Waals surface area contributed by atoms with E-state index in [9.17, 15) is 14.4 Å². The van der Waals surface area contributed by atoms with E-state index in [4.69, 9.17) is 9.47 Å². The largest absolute Gasteiger partial charge is 0.454 e. The molecule has 0 aliphatic carbocycles. The first-order valence-electron chi connectivity index (χ1n) is 9.97. The Balaban J connectivity index is 1.43. The van der Waals surface area contributed by atoms with Crippen molar-refractivity contribution in [2.24, 2.45) is 5.41 Å². The number of amides is 4. The molecule has 1 aromatic carbocycles. The minimum atomic E-state index is -1.02. The van der Waals surface area contributed by atoms with E-state index in [1.807, 2.05) is 23.1 Å². The van der Waals surface area contributed by atoms with Crippen LogP contribution in [0.25, 0.3) is 0 Å². The average Bonchev–Trinajstić information content (AvgIpc) is 3.19. The van der Waals surface area contributed by atoms with Gasteiger partial charge in [-0.25, -0.2) is 4.79 Å². The molecule has 3 aliphatic rings. The van der Waals surface area contributed by atoms with Gasteiger partial charge in [0.15, 0.2) is 11.5 Å². The lowest BCUT2D eigenvalue weighted by molar-refractivity contribution is -0.136. The lowest BCUT2D eigenvalue weighted by atomic mass is 9.77. The number of hydrogen-bond acceptors (Lipinski definition) is 5. The normalized spacial score (nSPS) is 25.3. The molecular weight excluding hydrogens is 374 g/mol. The van der Waals surface area contributed by atoms with Crippen molar-refractivity contribution in [1.29, 1.82) is 0 Å². The molecule has 1 atom stereocenters. The molecule has 156 valence electrons. The molecule has 1 unspecified atom stereocenters. The number of urea groups is 1. The Labute approximate surface area is 170 Å². The average molecular weight is 401 g/mol. The van der Waals surface area contributed by atoms with Crippen molar-refractivity contribution in [1.82, 2.24) is 15.1 Å². The van der Waals surface area contributed by atoms with Crippen molar-refractivity contribution in [2.75, 3.05) is 26.4 Å². The number of piperidine rings is 1. The zero-order valence-electron chi connectivity index (χ0n) is 17.1. The topological polar surface area (TPSA) is 88.2 Å². The Morgan fingerprint density at radius 3 is 2.66 bits per heavy atom. The van der Waals surface area contributed by atoms with Crippen LogP contribution >= 0.6 is 0 Å². The number of ether oxygens (including phenoxy) is 2. The minimum Gasteiger partial charge on any atom is -0.454 e. The molecule has 3 heterocycles. The highest BCUT2D eigenvalue weighted by molar-refractivity contribution is 6.07. The van der Waals surface area contributed by atoms with Crippen LogP contribution in [-0.2, 0) is 16.0 Å². The van der Waals surface area contributed by atoms with Crippen LogP contribution in [0.2, 0.25) is 0 Å². The van der Waals surface area contributed by atoms with Gasteiger partial charge in [-0.1, -0.05) is 13.0 Å². The molecule has 0 aromatic heterocycles. The third-order valence-electron chi connectivity index (χ3n) is 6.19. The first kappa shape index (κ1) is 19.5. The SMILES string of the molecule is CC1(Cc2ccc3c(c2)OCO3)CCCN(C(=O)CN2C(=O)NC(=O)C2(C)C)C1. The number of benzene rings is 1. The molecule has 29 heavy (non-hydrogen) atoms. The van der Waals surface area contributed by atoms with Gasteiger partial charge in [-0.15, -0.1) is 0 Å². The van der Waals surface area contributed by atoms with Gasteiger partial charge < -0.3 is 19.3 Å². The van der Waals surface area contributed by atoms with Crippen LogP contribution in [0, 0.1) is 5.41 Å². The molecule has 8 nitrogen and oxygen atoms in total. The van der Waals surface area contributed by atoms with E-state index in [1.165, 1.54) is 4.90 Å². The smallest absolute Gasteiger partial charge is 0.325 e. The molecule has 0 radical (unpaired) electrons. The van der Waals surface area contributed by atoms with Crippen molar-refractivity contribution in [3.8, 4) is 11.5 Å². The Kier molecular flexibility index (Phi) is 4.67. The highest BCUT2D eigenvalue weighted by atomic mass is 16.7. The molecule has 8 heteroatoms. The zero-order chi connectivity index (χ0) is 20.8. The van der Waals surface area contributed by atoms with Gasteiger partial charge in [-0.3, -0.25) is 14.9 Å². The number of fused-ring (bicyclic) bond motifs is 1. The number of carbonyl (C=O) groups is 3. The Hall–Kier alpha value is -2.77. The minimum absolute atomic E-state index is 0.0692. The summed E-state index contributed by atoms with van der Waals surface area (Å²) in [6.45, 7) is 6.93. The molecule has 1 aromatic rings. The fraction of sp³-hybridized carbons (Fsp3) is 0.571. The van der Waals surface area contributed by atoms with Gasteiger partial charge >= 0.3 is 6.03 Å². The Bertz CT molecular complexity index is 868. The van der Waals surface area contributed by atoms with Gasteiger partial charge in [0, 0.05) is 13.1 Å². The summed E-state index contributed by atoms with van der Waals surface area (Å²) in [5.41, 5.74) is 0.0649. The number of nitrogens with zero attached hydrogens (tertiary/aromatic N) is 2. The van der Waals surface area contributed by atoms with E-state index in [1.54, 1.807) is 13.8 Å². The van der Waals surface area contributed by atoms with Crippen LogP contribution in [0.5, 0.6) is 11.5 Å². The highest BCUT2D eigenvalue weighted by Gasteiger charge is 2.47. The molecule has 4 rings (SSSR count). The summed E-state index contributed by atoms with van der Waals surface area (Å²) in [5, 5.41) is 2.29. The first-order chi connectivity index (χ1) is 13.7. The fourth-order valence-electron chi connectivity index (χ4n) is 4.42. The number of hydrogen-bond donors (Lipinski definition) is 1. The molecule has 0 spiro atoms. The van der Waals surface area contributed by atoms with Crippen molar-refractivity contribution >= 4 is 17.8 Å². The van der Waals surface area contributed by atoms with Crippen LogP contribution in [0.1, 0.15) is 39.2 Å². The Morgan fingerprint density at radius 2 is 1.93 bits per heavy atom. The molecule has 4 amide bonds. The van der Waals surface area contributed by atoms with E-state index >= 15 is 0 Å². The fourth-order valence-corrected chi connectivity index (χ4v) is 4.42. The summed E-state index contributed by atoms with van der Waals surface area (Å²) in [4.78, 5) is 40.1. The van der Waals surface area contributed by atoms with Crippen LogP contribution in [0.4, 0.5) is 4.79 Å². The van der Waals surface area contributed by atoms with Crippen LogP contribution in [-0.4, -0.2) is 59.6 Å². The summed E-state index contributed by atoms with van der Waals surface area (Å²) in [5.74, 6) is 1.03. The second-order valence-corrected chi connectivity index (χ2v) is 9.00. The highest BCUT2D eigenvalue weighted by Crippen LogP contribution is 2.37. The van der Waals surface area contributed by atoms with Crippen molar-refractivity contribution < 1.29 is 23.9 Å². The zero-order valence-corrected chi connectivity index (χ0v) is 17.1. The number of imide groups is 1. The van der Waals surface area contributed by atoms with Gasteiger partial charge in [-0.2, -0.15) is 0 Å². The summed E-state index contributed by atoms with van der Waals surface area (Å²) in [6.07, 6.45) is 2.74. The standard InChI is InChI=1S/C21H27N3O5/c1-20(2)18(26)22-19(27)24(20)11-17(25)23-8-4-7-21(3,12-23)10-14-5-6-15-16(9-14)29-13-28-15/h5-6,9H,4,7-8,10-13H2,1-3H3,(H,22,26,27). The Morgan fingerprint density at radius 1 is 1.17 bits per heavy atom. The van der Waals surface area contributed by atoms with Gasteiger partial charge in [0.25, 0.3) is 5.91 Å². The second-order valence-electron chi connectivity index (χ2n) is 9.00. The maximum atomic E-state index is 12.9. The molecule has 2 saturated heterocycles. The molecule has 1 N–H and O–H groups in total. The quantitative estimate of drug-likeness (QED) is 0.779. The molecule has 0 saturated carbocycles. The van der Waals surface area contributed by atoms with Gasteiger partial charge in [-0.05, 0) is 56.2 Å². The van der Waals surface area contributed by atoms with Gasteiger partial charge in [0.2, 0.25) is 12.7 Å².